The van der Waals surface area contributed by atoms with Gasteiger partial charge in [-0.3, -0.25) is 4.79 Å². The van der Waals surface area contributed by atoms with Gasteiger partial charge < -0.3 is 4.98 Å². The van der Waals surface area contributed by atoms with E-state index < -0.39 is 0 Å². The number of nitrogens with one attached hydrogen (secondary N) is 1. The third kappa shape index (κ3) is 2.67. The van der Waals surface area contributed by atoms with Crippen molar-refractivity contribution in [2.75, 3.05) is 7.05 Å². The summed E-state index contributed by atoms with van der Waals surface area (Å²) in [6.07, 6.45) is 10.8. The molecule has 7 heteroatoms. The molecule has 2 heterocycles. The maximum atomic E-state index is 13.6. The summed E-state index contributed by atoms with van der Waals surface area (Å²) in [5, 5.41) is 0. The molecule has 0 saturated heterocycles. The normalized spacial score (nSPS) is 29.1. The number of hydrogen-bond donors (Lipinski definition) is 1. The van der Waals surface area contributed by atoms with Gasteiger partial charge in [-0.25, -0.2) is 9.69 Å². The molecule has 1 N–H and O–H groups in total. The first-order valence-electron chi connectivity index (χ1n) is 9.54. The second kappa shape index (κ2) is 6.50. The van der Waals surface area contributed by atoms with Crippen LogP contribution in [0.2, 0.25) is 0 Å². The molecule has 0 radical (unpaired) electrons. The first kappa shape index (κ1) is 17.2. The highest BCUT2D eigenvalue weighted by Crippen LogP contribution is 2.41. The number of quaternary nitrogens is 1. The van der Waals surface area contributed by atoms with Gasteiger partial charge in [0.15, 0.2) is 10.4 Å². The summed E-state index contributed by atoms with van der Waals surface area (Å²) in [5.41, 5.74) is 0.491. The lowest BCUT2D eigenvalue weighted by Crippen LogP contribution is -2.68. The lowest BCUT2D eigenvalue weighted by atomic mass is 9.90. The predicted octanol–water partition coefficient (Wildman–Crippen LogP) is 4.35. The van der Waals surface area contributed by atoms with Crippen molar-refractivity contribution in [3.8, 4) is 0 Å². The molecule has 0 aromatic carbocycles. The maximum absolute atomic E-state index is 13.6. The van der Waals surface area contributed by atoms with E-state index in [1.54, 1.807) is 4.90 Å². The molecule has 3 amide bonds. The van der Waals surface area contributed by atoms with E-state index in [0.29, 0.717) is 16.2 Å². The minimum absolute atomic E-state index is 0.0324. The van der Waals surface area contributed by atoms with Crippen LogP contribution in [-0.2, 0) is 0 Å². The van der Waals surface area contributed by atoms with Gasteiger partial charge in [-0.1, -0.05) is 25.7 Å². The monoisotopic (exact) mass is 409 g/mol. The van der Waals surface area contributed by atoms with Crippen LogP contribution in [0.5, 0.6) is 0 Å². The van der Waals surface area contributed by atoms with Gasteiger partial charge in [0.1, 0.15) is 6.04 Å². The Morgan fingerprint density at radius 3 is 2.28 bits per heavy atom. The molecular weight excluding hydrogens is 384 g/mol. The van der Waals surface area contributed by atoms with Crippen molar-refractivity contribution >= 4 is 33.7 Å². The number of rotatable bonds is 2. The van der Waals surface area contributed by atoms with Crippen molar-refractivity contribution in [3.63, 3.8) is 0 Å². The van der Waals surface area contributed by atoms with E-state index in [9.17, 15) is 9.59 Å². The molecule has 2 fully saturated rings. The fourth-order valence-corrected chi connectivity index (χ4v) is 5.30. The van der Waals surface area contributed by atoms with Gasteiger partial charge in [0.2, 0.25) is 0 Å². The highest BCUT2D eigenvalue weighted by molar-refractivity contribution is 9.10. The lowest BCUT2D eigenvalue weighted by Gasteiger charge is -2.45. The summed E-state index contributed by atoms with van der Waals surface area (Å²) in [5.74, 6) is 0.400. The SMILES string of the molecule is C[N+]1(C2CCCCC2)C(=O)N(C2CCCCC2)C(=O)c2[nH]c(Br)nc21. The first-order chi connectivity index (χ1) is 12.0. The number of nitrogens with zero attached hydrogens (tertiary/aromatic N) is 3. The minimum atomic E-state index is -0.198. The molecule has 2 saturated carbocycles. The van der Waals surface area contributed by atoms with Gasteiger partial charge in [-0.05, 0) is 41.6 Å². The fraction of sp³-hybridized carbons (Fsp3) is 0.722. The summed E-state index contributed by atoms with van der Waals surface area (Å²) in [4.78, 5) is 35.9. The van der Waals surface area contributed by atoms with Crippen LogP contribution in [0.1, 0.15) is 74.7 Å². The smallest absolute Gasteiger partial charge is 0.323 e. The molecule has 25 heavy (non-hydrogen) atoms. The van der Waals surface area contributed by atoms with Crippen molar-refractivity contribution in [2.45, 2.75) is 76.3 Å². The molecule has 3 aliphatic rings. The number of carbonyl (C=O) groups is 2. The second-order valence-corrected chi connectivity index (χ2v) is 8.59. The van der Waals surface area contributed by atoms with Crippen LogP contribution in [0.15, 0.2) is 4.73 Å². The second-order valence-electron chi connectivity index (χ2n) is 7.84. The fourth-order valence-electron chi connectivity index (χ4n) is 4.93. The van der Waals surface area contributed by atoms with Gasteiger partial charge in [0.25, 0.3) is 11.7 Å². The first-order valence-corrected chi connectivity index (χ1v) is 10.3. The molecule has 4 rings (SSSR count). The highest BCUT2D eigenvalue weighted by atomic mass is 79.9. The number of imide groups is 1. The Labute approximate surface area is 156 Å². The van der Waals surface area contributed by atoms with E-state index in [1.807, 2.05) is 7.05 Å². The van der Waals surface area contributed by atoms with Crippen LogP contribution >= 0.6 is 15.9 Å². The van der Waals surface area contributed by atoms with Gasteiger partial charge in [0.05, 0.1) is 7.05 Å². The van der Waals surface area contributed by atoms with Crippen LogP contribution < -0.4 is 4.48 Å². The van der Waals surface area contributed by atoms with E-state index in [-0.39, 0.29) is 28.5 Å². The van der Waals surface area contributed by atoms with Crippen molar-refractivity contribution in [3.05, 3.63) is 10.4 Å². The van der Waals surface area contributed by atoms with Gasteiger partial charge >= 0.3 is 6.03 Å². The topological polar surface area (TPSA) is 66.1 Å². The third-order valence-corrected chi connectivity index (χ3v) is 6.75. The van der Waals surface area contributed by atoms with Crippen molar-refractivity contribution in [1.82, 2.24) is 19.4 Å². The van der Waals surface area contributed by atoms with E-state index in [1.165, 1.54) is 12.8 Å². The number of aromatic amines is 1. The van der Waals surface area contributed by atoms with Crippen molar-refractivity contribution in [1.29, 1.82) is 0 Å². The number of urea groups is 1. The Morgan fingerprint density at radius 1 is 1.04 bits per heavy atom. The number of hydrogen-bond acceptors (Lipinski definition) is 3. The number of fused-ring (bicyclic) bond motifs is 1. The third-order valence-electron chi connectivity index (χ3n) is 6.38. The van der Waals surface area contributed by atoms with Gasteiger partial charge in [0, 0.05) is 18.9 Å². The average molecular weight is 410 g/mol. The van der Waals surface area contributed by atoms with Crippen molar-refractivity contribution in [2.24, 2.45) is 0 Å². The van der Waals surface area contributed by atoms with Crippen molar-refractivity contribution < 1.29 is 9.59 Å². The Morgan fingerprint density at radius 2 is 1.64 bits per heavy atom. The Balaban J connectivity index is 1.80. The van der Waals surface area contributed by atoms with Crippen LogP contribution in [0.25, 0.3) is 0 Å². The van der Waals surface area contributed by atoms with Gasteiger partial charge in [-0.15, -0.1) is 0 Å². The lowest BCUT2D eigenvalue weighted by molar-refractivity contribution is 0.0576. The van der Waals surface area contributed by atoms with Crippen LogP contribution in [0.3, 0.4) is 0 Å². The number of H-pyrrole nitrogens is 1. The van der Waals surface area contributed by atoms with E-state index >= 15 is 0 Å². The Kier molecular flexibility index (Phi) is 4.48. The standard InChI is InChI=1S/C18H25BrN4O2/c1-23(13-10-6-3-7-11-13)15-14(20-17(19)21-15)16(24)22(18(23)25)12-8-4-2-5-9-12/h12-13H,2-11H2,1H3/p+1. The van der Waals surface area contributed by atoms with E-state index in [2.05, 4.69) is 25.9 Å². The highest BCUT2D eigenvalue weighted by Gasteiger charge is 2.57. The van der Waals surface area contributed by atoms with Crippen LogP contribution in [0.4, 0.5) is 10.6 Å². The molecule has 1 aromatic rings. The summed E-state index contributed by atoms with van der Waals surface area (Å²) < 4.78 is 0.670. The molecule has 1 aromatic heterocycles. The molecule has 136 valence electrons. The summed E-state index contributed by atoms with van der Waals surface area (Å²) in [6.45, 7) is 0. The largest absolute Gasteiger partial charge is 0.432 e. The zero-order valence-corrected chi connectivity index (χ0v) is 16.3. The molecule has 0 bridgehead atoms. The number of amides is 3. The number of carbonyl (C=O) groups excluding carboxylic acids is 2. The molecule has 1 atom stereocenters. The number of imidazole rings is 1. The van der Waals surface area contributed by atoms with Gasteiger partial charge in [-0.2, -0.15) is 9.47 Å². The Hall–Kier alpha value is -1.21. The van der Waals surface area contributed by atoms with E-state index in [0.717, 1.165) is 51.4 Å². The molecule has 6 nitrogen and oxygen atoms in total. The maximum Gasteiger partial charge on any atom is 0.432 e. The zero-order valence-electron chi connectivity index (χ0n) is 14.8. The minimum Gasteiger partial charge on any atom is -0.323 e. The summed E-state index contributed by atoms with van der Waals surface area (Å²) in [7, 11) is 1.96. The summed E-state index contributed by atoms with van der Waals surface area (Å²) in [6, 6.07) is 0.162. The van der Waals surface area contributed by atoms with E-state index in [4.69, 9.17) is 0 Å². The molecular formula is C18H26BrN4O2+. The van der Waals surface area contributed by atoms with Crippen LogP contribution in [0, 0.1) is 0 Å². The Bertz CT molecular complexity index is 691. The molecule has 2 aliphatic carbocycles. The zero-order chi connectivity index (χ0) is 17.6. The van der Waals surface area contributed by atoms with Crippen LogP contribution in [-0.4, -0.2) is 45.9 Å². The number of aromatic nitrogens is 2. The number of halogens is 1. The summed E-state index contributed by atoms with van der Waals surface area (Å²) >= 11 is 3.37. The molecule has 1 unspecified atom stereocenters. The predicted molar refractivity (Wildman–Crippen MR) is 99.3 cm³/mol. The average Bonchev–Trinajstić information content (AvgIpc) is 3.04. The quantitative estimate of drug-likeness (QED) is 0.738. The molecule has 1 aliphatic heterocycles. The molecule has 0 spiro atoms.